The van der Waals surface area contributed by atoms with E-state index in [1.54, 1.807) is 6.07 Å². The van der Waals surface area contributed by atoms with Crippen molar-refractivity contribution >= 4 is 16.8 Å². The molecule has 1 amide bonds. The summed E-state index contributed by atoms with van der Waals surface area (Å²) in [6.45, 7) is 3.54. The summed E-state index contributed by atoms with van der Waals surface area (Å²) in [7, 11) is 0. The van der Waals surface area contributed by atoms with Gasteiger partial charge in [0, 0.05) is 30.3 Å². The average molecular weight is 396 g/mol. The van der Waals surface area contributed by atoms with Crippen LogP contribution in [0, 0.1) is 5.82 Å². The summed E-state index contributed by atoms with van der Waals surface area (Å²) in [6, 6.07) is 12.3. The van der Waals surface area contributed by atoms with E-state index in [9.17, 15) is 9.18 Å². The van der Waals surface area contributed by atoms with E-state index in [0.717, 1.165) is 27.8 Å². The van der Waals surface area contributed by atoms with Gasteiger partial charge in [0.15, 0.2) is 0 Å². The van der Waals surface area contributed by atoms with Gasteiger partial charge in [-0.2, -0.15) is 0 Å². The highest BCUT2D eigenvalue weighted by atomic mass is 19.1. The molecule has 6 heteroatoms. The number of fused-ring (bicyclic) bond motifs is 1. The van der Waals surface area contributed by atoms with Crippen LogP contribution in [0.3, 0.4) is 0 Å². The molecule has 2 aromatic carbocycles. The minimum Gasteiger partial charge on any atom is -0.493 e. The van der Waals surface area contributed by atoms with Crippen molar-refractivity contribution in [1.82, 2.24) is 10.3 Å². The molecule has 0 atom stereocenters. The van der Waals surface area contributed by atoms with Crippen molar-refractivity contribution in [3.63, 3.8) is 0 Å². The molecule has 0 radical (unpaired) electrons. The Morgan fingerprint density at radius 1 is 1.24 bits per heavy atom. The smallest absolute Gasteiger partial charge is 0.225 e. The van der Waals surface area contributed by atoms with Crippen LogP contribution in [0.4, 0.5) is 4.39 Å². The molecule has 29 heavy (non-hydrogen) atoms. The largest absolute Gasteiger partial charge is 0.493 e. The van der Waals surface area contributed by atoms with Gasteiger partial charge in [-0.05, 0) is 55.2 Å². The molecule has 4 rings (SSSR count). The molecule has 3 aromatic rings. The second-order valence-corrected chi connectivity index (χ2v) is 7.36. The van der Waals surface area contributed by atoms with E-state index in [0.29, 0.717) is 32.7 Å². The first-order valence-corrected chi connectivity index (χ1v) is 9.98. The number of aromatic nitrogens is 1. The number of benzene rings is 2. The average Bonchev–Trinajstić information content (AvgIpc) is 3.12. The third-order valence-corrected chi connectivity index (χ3v) is 5.50. The molecule has 1 saturated heterocycles. The molecular formula is C23H25FN2O3. The number of carbonyl (C=O) groups is 1. The topological polar surface area (TPSA) is 63.4 Å². The van der Waals surface area contributed by atoms with Crippen LogP contribution < -0.4 is 10.1 Å². The summed E-state index contributed by atoms with van der Waals surface area (Å²) in [6.07, 6.45) is 3.29. The van der Waals surface area contributed by atoms with Crippen LogP contribution in [-0.2, 0) is 21.5 Å². The Bertz CT molecular complexity index is 1010. The molecule has 2 heterocycles. The number of H-pyrrole nitrogens is 1. The Kier molecular flexibility index (Phi) is 5.53. The molecule has 0 bridgehead atoms. The Balaban J connectivity index is 1.60. The maximum absolute atomic E-state index is 13.9. The van der Waals surface area contributed by atoms with Crippen molar-refractivity contribution in [3.05, 3.63) is 65.6 Å². The normalized spacial score (nSPS) is 15.9. The van der Waals surface area contributed by atoms with Gasteiger partial charge in [-0.15, -0.1) is 0 Å². The molecule has 152 valence electrons. The van der Waals surface area contributed by atoms with E-state index in [4.69, 9.17) is 9.47 Å². The lowest BCUT2D eigenvalue weighted by molar-refractivity contribution is -0.123. The first kappa shape index (κ1) is 19.5. The molecular weight excluding hydrogens is 371 g/mol. The van der Waals surface area contributed by atoms with Gasteiger partial charge in [0.05, 0.1) is 18.6 Å². The van der Waals surface area contributed by atoms with Gasteiger partial charge in [0.25, 0.3) is 0 Å². The predicted octanol–water partition coefficient (Wildman–Crippen LogP) is 4.07. The minimum atomic E-state index is -0.619. The van der Waals surface area contributed by atoms with Crippen LogP contribution in [0.1, 0.15) is 30.9 Å². The fourth-order valence-electron chi connectivity index (χ4n) is 4.11. The van der Waals surface area contributed by atoms with Gasteiger partial charge in [-0.3, -0.25) is 4.79 Å². The lowest BCUT2D eigenvalue weighted by Crippen LogP contribution is -2.50. The minimum absolute atomic E-state index is 0.108. The SMILES string of the molecule is CCOc1cccc2[nH]cc(CC(=O)NC3(c4cccc(F)c4)CCOCC3)c12. The zero-order valence-corrected chi connectivity index (χ0v) is 16.5. The van der Waals surface area contributed by atoms with E-state index in [2.05, 4.69) is 10.3 Å². The highest BCUT2D eigenvalue weighted by molar-refractivity contribution is 5.93. The highest BCUT2D eigenvalue weighted by Crippen LogP contribution is 2.33. The number of amides is 1. The Morgan fingerprint density at radius 2 is 2.03 bits per heavy atom. The summed E-state index contributed by atoms with van der Waals surface area (Å²) < 4.78 is 25.1. The van der Waals surface area contributed by atoms with Gasteiger partial charge >= 0.3 is 0 Å². The first-order chi connectivity index (χ1) is 14.1. The van der Waals surface area contributed by atoms with Crippen molar-refractivity contribution in [3.8, 4) is 5.75 Å². The quantitative estimate of drug-likeness (QED) is 0.660. The summed E-state index contributed by atoms with van der Waals surface area (Å²) in [5, 5.41) is 4.12. The van der Waals surface area contributed by atoms with Crippen LogP contribution in [0.15, 0.2) is 48.7 Å². The van der Waals surface area contributed by atoms with Crippen molar-refractivity contribution in [2.24, 2.45) is 0 Å². The van der Waals surface area contributed by atoms with E-state index < -0.39 is 5.54 Å². The second-order valence-electron chi connectivity index (χ2n) is 7.36. The Morgan fingerprint density at radius 3 is 2.79 bits per heavy atom. The molecule has 0 spiro atoms. The maximum atomic E-state index is 13.9. The standard InChI is InChI=1S/C23H25FN2O3/c1-2-29-20-8-4-7-19-22(20)16(15-25-19)13-21(27)26-23(9-11-28-12-10-23)17-5-3-6-18(24)14-17/h3-8,14-15,25H,2,9-13H2,1H3,(H,26,27). The molecule has 1 aromatic heterocycles. The van der Waals surface area contributed by atoms with E-state index in [-0.39, 0.29) is 18.1 Å². The lowest BCUT2D eigenvalue weighted by Gasteiger charge is -2.38. The third-order valence-electron chi connectivity index (χ3n) is 5.50. The van der Waals surface area contributed by atoms with Crippen LogP contribution in [0.2, 0.25) is 0 Å². The predicted molar refractivity (Wildman–Crippen MR) is 109 cm³/mol. The number of ether oxygens (including phenoxy) is 2. The Labute approximate surface area is 169 Å². The van der Waals surface area contributed by atoms with Crippen molar-refractivity contribution in [1.29, 1.82) is 0 Å². The number of aromatic amines is 1. The zero-order chi connectivity index (χ0) is 20.3. The van der Waals surface area contributed by atoms with E-state index in [1.807, 2.05) is 37.4 Å². The van der Waals surface area contributed by atoms with Gasteiger partial charge in [0.2, 0.25) is 5.91 Å². The monoisotopic (exact) mass is 396 g/mol. The highest BCUT2D eigenvalue weighted by Gasteiger charge is 2.36. The summed E-state index contributed by atoms with van der Waals surface area (Å²) in [5.41, 5.74) is 1.97. The van der Waals surface area contributed by atoms with Crippen molar-refractivity contribution in [2.75, 3.05) is 19.8 Å². The van der Waals surface area contributed by atoms with E-state index >= 15 is 0 Å². The number of carbonyl (C=O) groups excluding carboxylic acids is 1. The van der Waals surface area contributed by atoms with E-state index in [1.165, 1.54) is 12.1 Å². The summed E-state index contributed by atoms with van der Waals surface area (Å²) in [4.78, 5) is 16.3. The molecule has 5 nitrogen and oxygen atoms in total. The molecule has 0 aliphatic carbocycles. The third kappa shape index (κ3) is 3.98. The van der Waals surface area contributed by atoms with Gasteiger partial charge in [-0.25, -0.2) is 4.39 Å². The number of hydrogen-bond acceptors (Lipinski definition) is 3. The van der Waals surface area contributed by atoms with Gasteiger partial charge < -0.3 is 19.8 Å². The van der Waals surface area contributed by atoms with Crippen molar-refractivity contribution < 1.29 is 18.7 Å². The lowest BCUT2D eigenvalue weighted by atomic mass is 9.82. The van der Waals surface area contributed by atoms with Gasteiger partial charge in [-0.1, -0.05) is 18.2 Å². The zero-order valence-electron chi connectivity index (χ0n) is 16.5. The Hall–Kier alpha value is -2.86. The number of nitrogens with one attached hydrogen (secondary N) is 2. The number of hydrogen-bond donors (Lipinski definition) is 2. The number of rotatable bonds is 6. The van der Waals surface area contributed by atoms with Crippen LogP contribution in [-0.4, -0.2) is 30.7 Å². The fraction of sp³-hybridized carbons (Fsp3) is 0.348. The van der Waals surface area contributed by atoms with Crippen LogP contribution in [0.5, 0.6) is 5.75 Å². The molecule has 2 N–H and O–H groups in total. The first-order valence-electron chi connectivity index (χ1n) is 9.98. The number of halogens is 1. The second kappa shape index (κ2) is 8.25. The summed E-state index contributed by atoms with van der Waals surface area (Å²) >= 11 is 0. The molecule has 0 unspecified atom stereocenters. The van der Waals surface area contributed by atoms with Crippen molar-refractivity contribution in [2.45, 2.75) is 31.7 Å². The molecule has 1 aliphatic heterocycles. The molecule has 1 aliphatic rings. The fourth-order valence-corrected chi connectivity index (χ4v) is 4.11. The maximum Gasteiger partial charge on any atom is 0.225 e. The van der Waals surface area contributed by atoms with Crippen LogP contribution in [0.25, 0.3) is 10.9 Å². The molecule has 0 saturated carbocycles. The van der Waals surface area contributed by atoms with Gasteiger partial charge in [0.1, 0.15) is 11.6 Å². The van der Waals surface area contributed by atoms with Crippen LogP contribution >= 0.6 is 0 Å². The summed E-state index contributed by atoms with van der Waals surface area (Å²) in [5.74, 6) is 0.351. The molecule has 1 fully saturated rings.